The summed E-state index contributed by atoms with van der Waals surface area (Å²) in [6, 6.07) is 15.5. The fourth-order valence-electron chi connectivity index (χ4n) is 4.92. The van der Waals surface area contributed by atoms with Gasteiger partial charge in [0.1, 0.15) is 22.9 Å². The average molecular weight is 590 g/mol. The Morgan fingerprint density at radius 1 is 1.07 bits per heavy atom. The summed E-state index contributed by atoms with van der Waals surface area (Å²) in [5, 5.41) is 24.9. The van der Waals surface area contributed by atoms with Crippen molar-refractivity contribution in [1.82, 2.24) is 15.5 Å². The van der Waals surface area contributed by atoms with Gasteiger partial charge in [0.05, 0.1) is 5.75 Å². The van der Waals surface area contributed by atoms with Gasteiger partial charge in [-0.3, -0.25) is 19.3 Å². The Labute approximate surface area is 262 Å². The van der Waals surface area contributed by atoms with E-state index < -0.39 is 23.3 Å². The van der Waals surface area contributed by atoms with E-state index >= 15 is 0 Å². The number of hydrogen-bond acceptors (Lipinski definition) is 7. The molecule has 2 aromatic carbocycles. The molecule has 9 nitrogen and oxygen atoms in total. The summed E-state index contributed by atoms with van der Waals surface area (Å²) in [5.74, 6) is -1.04. The molecule has 3 amide bonds. The Morgan fingerprint density at radius 2 is 1.80 bits per heavy atom. The van der Waals surface area contributed by atoms with Gasteiger partial charge in [0.2, 0.25) is 11.8 Å². The van der Waals surface area contributed by atoms with Crippen LogP contribution in [0.25, 0.3) is 0 Å². The molecule has 3 aliphatic rings. The number of phenolic OH excluding ortho intramolecular Hbond substituents is 1. The van der Waals surface area contributed by atoms with Crippen molar-refractivity contribution < 1.29 is 29.4 Å². The first kappa shape index (κ1) is 30.3. The van der Waals surface area contributed by atoms with Crippen LogP contribution >= 0.6 is 23.5 Å². The first-order valence-corrected chi connectivity index (χ1v) is 14.6. The summed E-state index contributed by atoms with van der Waals surface area (Å²) in [5.41, 5.74) is 3.27. The molecule has 0 spiro atoms. The molecule has 0 bridgehead atoms. The first-order valence-electron chi connectivity index (χ1n) is 12.4. The number of rotatable bonds is 9. The summed E-state index contributed by atoms with van der Waals surface area (Å²) < 4.78 is 0. The summed E-state index contributed by atoms with van der Waals surface area (Å²) in [4.78, 5) is 52.1. The van der Waals surface area contributed by atoms with Crippen LogP contribution in [-0.4, -0.2) is 97.8 Å². The first-order chi connectivity index (χ1) is 18.8. The maximum atomic E-state index is 13.2. The molecule has 0 aliphatic carbocycles. The van der Waals surface area contributed by atoms with Gasteiger partial charge in [-0.1, -0.05) is 42.5 Å². The second-order valence-corrected chi connectivity index (χ2v) is 11.5. The molecule has 2 saturated heterocycles. The number of thioether (sulfide) groups is 2. The predicted octanol–water partition coefficient (Wildman–Crippen LogP) is 1.77. The SMILES string of the molecule is O=C(CSCc1ccccc1)N[C@@H]1C(=O)N2C(C(=O)O)=C(C(Cc3ccc(O)cc3)=C3CCNC3=O)CS[C@H]12.[NaH]. The second-order valence-electron chi connectivity index (χ2n) is 9.37. The molecule has 0 saturated carbocycles. The van der Waals surface area contributed by atoms with Gasteiger partial charge in [-0.2, -0.15) is 0 Å². The van der Waals surface area contributed by atoms with E-state index in [1.165, 1.54) is 40.6 Å². The summed E-state index contributed by atoms with van der Waals surface area (Å²) in [6.45, 7) is 0.456. The molecule has 3 aliphatic heterocycles. The molecular weight excluding hydrogens is 561 g/mol. The van der Waals surface area contributed by atoms with Gasteiger partial charge < -0.3 is 20.8 Å². The quantitative estimate of drug-likeness (QED) is 0.198. The molecule has 0 radical (unpaired) electrons. The summed E-state index contributed by atoms with van der Waals surface area (Å²) in [7, 11) is 0. The van der Waals surface area contributed by atoms with Gasteiger partial charge in [0, 0.05) is 23.6 Å². The van der Waals surface area contributed by atoms with E-state index in [1.807, 2.05) is 30.3 Å². The van der Waals surface area contributed by atoms with Crippen molar-refractivity contribution in [2.45, 2.75) is 30.0 Å². The molecule has 0 aromatic heterocycles. The Hall–Kier alpha value is -2.70. The number of carboxylic acids is 1. The van der Waals surface area contributed by atoms with Crippen molar-refractivity contribution in [2.75, 3.05) is 18.1 Å². The van der Waals surface area contributed by atoms with Crippen LogP contribution in [0.2, 0.25) is 0 Å². The Kier molecular flexibility index (Phi) is 10.1. The number of amides is 3. The number of β-lactam (4-membered cyclic amide) rings is 1. The number of carbonyl (C=O) groups excluding carboxylic acids is 3. The molecule has 2 fully saturated rings. The van der Waals surface area contributed by atoms with Gasteiger partial charge in [-0.15, -0.1) is 23.5 Å². The van der Waals surface area contributed by atoms with Crippen LogP contribution in [-0.2, 0) is 31.4 Å². The number of fused-ring (bicyclic) bond motifs is 1. The molecule has 3 heterocycles. The van der Waals surface area contributed by atoms with Crippen LogP contribution in [0.15, 0.2) is 77.0 Å². The number of allylic oxidation sites excluding steroid dienone is 1. The van der Waals surface area contributed by atoms with Crippen LogP contribution in [0.1, 0.15) is 17.5 Å². The zero-order valence-electron chi connectivity index (χ0n) is 20.9. The van der Waals surface area contributed by atoms with Gasteiger partial charge in [0.25, 0.3) is 5.91 Å². The van der Waals surface area contributed by atoms with E-state index in [0.29, 0.717) is 35.4 Å². The van der Waals surface area contributed by atoms with Gasteiger partial charge >= 0.3 is 35.5 Å². The fraction of sp³-hybridized carbons (Fsp3) is 0.286. The molecule has 12 heteroatoms. The molecular formula is C28H28N3NaO6S2. The molecule has 2 aromatic rings. The number of aliphatic carboxylic acids is 1. The number of nitrogens with zero attached hydrogens (tertiary/aromatic N) is 1. The Balaban J connectivity index is 0.00000370. The van der Waals surface area contributed by atoms with E-state index in [1.54, 1.807) is 12.1 Å². The van der Waals surface area contributed by atoms with Crippen LogP contribution in [0, 0.1) is 0 Å². The third kappa shape index (κ3) is 6.44. The zero-order valence-corrected chi connectivity index (χ0v) is 22.5. The Morgan fingerprint density at radius 3 is 2.45 bits per heavy atom. The predicted molar refractivity (Wildman–Crippen MR) is 156 cm³/mol. The monoisotopic (exact) mass is 589 g/mol. The number of benzene rings is 2. The van der Waals surface area contributed by atoms with Crippen molar-refractivity contribution >= 4 is 76.8 Å². The van der Waals surface area contributed by atoms with Crippen molar-refractivity contribution in [2.24, 2.45) is 0 Å². The van der Waals surface area contributed by atoms with E-state index in [9.17, 15) is 29.4 Å². The normalized spacial score (nSPS) is 21.1. The number of carboxylic acid groups (broad SMARTS) is 1. The van der Waals surface area contributed by atoms with Crippen LogP contribution in [0.4, 0.5) is 0 Å². The molecule has 0 unspecified atom stereocenters. The van der Waals surface area contributed by atoms with Crippen molar-refractivity contribution in [3.63, 3.8) is 0 Å². The third-order valence-electron chi connectivity index (χ3n) is 6.81. The molecule has 2 atom stereocenters. The van der Waals surface area contributed by atoms with Crippen LogP contribution in [0.5, 0.6) is 5.75 Å². The number of phenols is 1. The minimum atomic E-state index is -1.26. The number of hydrogen-bond donors (Lipinski definition) is 4. The molecule has 5 rings (SSSR count). The van der Waals surface area contributed by atoms with E-state index in [4.69, 9.17) is 0 Å². The summed E-state index contributed by atoms with van der Waals surface area (Å²) in [6.07, 6.45) is 0.727. The van der Waals surface area contributed by atoms with E-state index in [-0.39, 0.29) is 70.7 Å². The van der Waals surface area contributed by atoms with E-state index in [0.717, 1.165) is 11.1 Å². The number of aromatic hydroxyl groups is 1. The van der Waals surface area contributed by atoms with Gasteiger partial charge in [-0.25, -0.2) is 4.79 Å². The molecule has 4 N–H and O–H groups in total. The topological polar surface area (TPSA) is 136 Å². The van der Waals surface area contributed by atoms with Crippen LogP contribution < -0.4 is 10.6 Å². The number of carbonyl (C=O) groups is 4. The Bertz CT molecular complexity index is 1380. The molecule has 204 valence electrons. The molecule has 40 heavy (non-hydrogen) atoms. The van der Waals surface area contributed by atoms with Gasteiger partial charge in [-0.05, 0) is 47.2 Å². The standard InChI is InChI=1S/C28H27N3O6S2.Na.H/c32-18-8-6-16(7-9-18)12-20(19-10-11-29-25(19)34)21-14-39-27-23(26(35)31(27)24(21)28(36)37)30-22(33)15-38-13-17-4-2-1-3-5-17;;/h1-9,23,27,32H,10-15H2,(H,29,34)(H,30,33)(H,36,37);;/t23-,27-;;/m1../s1. The van der Waals surface area contributed by atoms with Gasteiger partial charge in [0.15, 0.2) is 0 Å². The van der Waals surface area contributed by atoms with Crippen molar-refractivity contribution in [3.05, 3.63) is 88.1 Å². The van der Waals surface area contributed by atoms with Crippen molar-refractivity contribution in [3.8, 4) is 5.75 Å². The second kappa shape index (κ2) is 13.3. The fourth-order valence-corrected chi connectivity index (χ4v) is 7.11. The third-order valence-corrected chi connectivity index (χ3v) is 9.10. The average Bonchev–Trinajstić information content (AvgIpc) is 3.36. The minimum absolute atomic E-state index is 0. The summed E-state index contributed by atoms with van der Waals surface area (Å²) >= 11 is 2.82. The maximum absolute atomic E-state index is 13.2. The zero-order chi connectivity index (χ0) is 27.5. The van der Waals surface area contributed by atoms with Crippen molar-refractivity contribution in [1.29, 1.82) is 0 Å². The van der Waals surface area contributed by atoms with E-state index in [2.05, 4.69) is 10.6 Å². The number of nitrogens with one attached hydrogen (secondary N) is 2. The van der Waals surface area contributed by atoms with Crippen LogP contribution in [0.3, 0.4) is 0 Å².